The molecule has 1 heterocycles. The van der Waals surface area contributed by atoms with E-state index in [0.717, 1.165) is 23.2 Å². The minimum absolute atomic E-state index is 0.213. The summed E-state index contributed by atoms with van der Waals surface area (Å²) in [5, 5.41) is 5.73. The Kier molecular flexibility index (Phi) is 6.28. The van der Waals surface area contributed by atoms with Gasteiger partial charge in [-0.3, -0.25) is 14.6 Å². The molecule has 1 aromatic heterocycles. The molecule has 2 amide bonds. The summed E-state index contributed by atoms with van der Waals surface area (Å²) in [5.41, 5.74) is 3.55. The molecule has 0 aliphatic heterocycles. The first kappa shape index (κ1) is 18.6. The number of carbonyl (C=O) groups excluding carboxylic acids is 2. The molecule has 0 fully saturated rings. The van der Waals surface area contributed by atoms with Crippen LogP contribution in [-0.2, 0) is 0 Å². The molecule has 5 heteroatoms. The number of anilines is 1. The molecule has 5 nitrogen and oxygen atoms in total. The summed E-state index contributed by atoms with van der Waals surface area (Å²) in [5.74, 6) is 0.0284. The summed E-state index contributed by atoms with van der Waals surface area (Å²) in [7, 11) is 0. The van der Waals surface area contributed by atoms with E-state index < -0.39 is 0 Å². The molecule has 0 saturated carbocycles. The van der Waals surface area contributed by atoms with Crippen LogP contribution in [0.3, 0.4) is 0 Å². The third-order valence-electron chi connectivity index (χ3n) is 3.91. The fourth-order valence-electron chi connectivity index (χ4n) is 2.33. The van der Waals surface area contributed by atoms with Crippen molar-refractivity contribution in [3.63, 3.8) is 0 Å². The van der Waals surface area contributed by atoms with Crippen molar-refractivity contribution in [2.75, 3.05) is 11.9 Å². The van der Waals surface area contributed by atoms with E-state index in [1.54, 1.807) is 6.07 Å². The van der Waals surface area contributed by atoms with Gasteiger partial charge >= 0.3 is 0 Å². The number of aromatic nitrogens is 1. The zero-order valence-electron chi connectivity index (χ0n) is 15.2. The Morgan fingerprint density at radius 1 is 1.04 bits per heavy atom. The molecule has 2 aromatic rings. The third kappa shape index (κ3) is 5.41. The van der Waals surface area contributed by atoms with E-state index >= 15 is 0 Å². The SMILES string of the molecule is Cc1ccc(C)c(NC(=O)c2cncc(C(=O)NCCC(C)C)c2)c1. The zero-order chi connectivity index (χ0) is 18.4. The highest BCUT2D eigenvalue weighted by atomic mass is 16.2. The summed E-state index contributed by atoms with van der Waals surface area (Å²) in [6.45, 7) is 8.72. The topological polar surface area (TPSA) is 71.1 Å². The largest absolute Gasteiger partial charge is 0.352 e. The minimum Gasteiger partial charge on any atom is -0.352 e. The summed E-state index contributed by atoms with van der Waals surface area (Å²) >= 11 is 0. The minimum atomic E-state index is -0.280. The molecule has 0 radical (unpaired) electrons. The van der Waals surface area contributed by atoms with Crippen LogP contribution in [0.5, 0.6) is 0 Å². The second-order valence-corrected chi connectivity index (χ2v) is 6.67. The lowest BCUT2D eigenvalue weighted by Crippen LogP contribution is -2.26. The molecule has 0 atom stereocenters. The highest BCUT2D eigenvalue weighted by Crippen LogP contribution is 2.17. The van der Waals surface area contributed by atoms with Crippen LogP contribution < -0.4 is 10.6 Å². The Hall–Kier alpha value is -2.69. The quantitative estimate of drug-likeness (QED) is 0.842. The van der Waals surface area contributed by atoms with E-state index in [2.05, 4.69) is 29.5 Å². The number of nitrogens with one attached hydrogen (secondary N) is 2. The van der Waals surface area contributed by atoms with Crippen LogP contribution in [0, 0.1) is 19.8 Å². The normalized spacial score (nSPS) is 10.6. The summed E-state index contributed by atoms with van der Waals surface area (Å²) in [6.07, 6.45) is 3.84. The van der Waals surface area contributed by atoms with Crippen LogP contribution in [0.1, 0.15) is 52.1 Å². The Morgan fingerprint density at radius 2 is 1.72 bits per heavy atom. The van der Waals surface area contributed by atoms with Crippen LogP contribution in [-0.4, -0.2) is 23.3 Å². The van der Waals surface area contributed by atoms with Gasteiger partial charge in [-0.1, -0.05) is 26.0 Å². The van der Waals surface area contributed by atoms with Crippen molar-refractivity contribution in [1.29, 1.82) is 0 Å². The lowest BCUT2D eigenvalue weighted by molar-refractivity contribution is 0.0951. The van der Waals surface area contributed by atoms with Crippen molar-refractivity contribution in [2.24, 2.45) is 5.92 Å². The monoisotopic (exact) mass is 339 g/mol. The van der Waals surface area contributed by atoms with Gasteiger partial charge in [0, 0.05) is 24.6 Å². The van der Waals surface area contributed by atoms with Gasteiger partial charge in [0.1, 0.15) is 0 Å². The number of aryl methyl sites for hydroxylation is 2. The fourth-order valence-corrected chi connectivity index (χ4v) is 2.33. The number of rotatable bonds is 6. The molecule has 132 valence electrons. The first-order valence-electron chi connectivity index (χ1n) is 8.48. The first-order chi connectivity index (χ1) is 11.9. The van der Waals surface area contributed by atoms with Crippen LogP contribution >= 0.6 is 0 Å². The summed E-state index contributed by atoms with van der Waals surface area (Å²) < 4.78 is 0. The van der Waals surface area contributed by atoms with Crippen molar-refractivity contribution < 1.29 is 9.59 Å². The standard InChI is InChI=1S/C20H25N3O2/c1-13(2)7-8-22-19(24)16-10-17(12-21-11-16)20(25)23-18-9-14(3)5-6-15(18)4/h5-6,9-13H,7-8H2,1-4H3,(H,22,24)(H,23,25). The van der Waals surface area contributed by atoms with Gasteiger partial charge in [0.15, 0.2) is 0 Å². The van der Waals surface area contributed by atoms with Crippen molar-refractivity contribution >= 4 is 17.5 Å². The number of hydrogen-bond acceptors (Lipinski definition) is 3. The molecule has 0 aliphatic carbocycles. The van der Waals surface area contributed by atoms with Gasteiger partial charge in [0.2, 0.25) is 0 Å². The molecule has 1 aromatic carbocycles. The zero-order valence-corrected chi connectivity index (χ0v) is 15.2. The smallest absolute Gasteiger partial charge is 0.257 e. The van der Waals surface area contributed by atoms with Crippen LogP contribution in [0.25, 0.3) is 0 Å². The van der Waals surface area contributed by atoms with Crippen molar-refractivity contribution in [2.45, 2.75) is 34.1 Å². The number of pyridine rings is 1. The van der Waals surface area contributed by atoms with Crippen LogP contribution in [0.2, 0.25) is 0 Å². The van der Waals surface area contributed by atoms with Crippen molar-refractivity contribution in [1.82, 2.24) is 10.3 Å². The first-order valence-corrected chi connectivity index (χ1v) is 8.48. The van der Waals surface area contributed by atoms with Crippen molar-refractivity contribution in [3.05, 3.63) is 58.9 Å². The average molecular weight is 339 g/mol. The highest BCUT2D eigenvalue weighted by molar-refractivity contribution is 6.06. The predicted molar refractivity (Wildman–Crippen MR) is 99.9 cm³/mol. The van der Waals surface area contributed by atoms with E-state index in [0.29, 0.717) is 23.6 Å². The molecule has 0 aliphatic rings. The van der Waals surface area contributed by atoms with Gasteiger partial charge in [0.25, 0.3) is 11.8 Å². The van der Waals surface area contributed by atoms with Gasteiger partial charge in [-0.05, 0) is 49.4 Å². The molecule has 2 N–H and O–H groups in total. The van der Waals surface area contributed by atoms with Gasteiger partial charge in [-0.15, -0.1) is 0 Å². The maximum absolute atomic E-state index is 12.5. The van der Waals surface area contributed by atoms with Crippen LogP contribution in [0.15, 0.2) is 36.7 Å². The highest BCUT2D eigenvalue weighted by Gasteiger charge is 2.12. The number of benzene rings is 1. The average Bonchev–Trinajstić information content (AvgIpc) is 2.57. The van der Waals surface area contributed by atoms with E-state index in [4.69, 9.17) is 0 Å². The molecular formula is C20H25N3O2. The number of carbonyl (C=O) groups is 2. The number of nitrogens with zero attached hydrogens (tertiary/aromatic N) is 1. The Balaban J connectivity index is 2.08. The van der Waals surface area contributed by atoms with E-state index in [-0.39, 0.29) is 11.8 Å². The lowest BCUT2D eigenvalue weighted by Gasteiger charge is -2.10. The van der Waals surface area contributed by atoms with Gasteiger partial charge in [0.05, 0.1) is 11.1 Å². The summed E-state index contributed by atoms with van der Waals surface area (Å²) in [4.78, 5) is 28.7. The lowest BCUT2D eigenvalue weighted by atomic mass is 10.1. The van der Waals surface area contributed by atoms with Gasteiger partial charge in [-0.2, -0.15) is 0 Å². The third-order valence-corrected chi connectivity index (χ3v) is 3.91. The Bertz CT molecular complexity index is 769. The van der Waals surface area contributed by atoms with Crippen LogP contribution in [0.4, 0.5) is 5.69 Å². The molecular weight excluding hydrogens is 314 g/mol. The second-order valence-electron chi connectivity index (χ2n) is 6.67. The maximum atomic E-state index is 12.5. The van der Waals surface area contributed by atoms with E-state index in [1.807, 2.05) is 32.0 Å². The fraction of sp³-hybridized carbons (Fsp3) is 0.350. The van der Waals surface area contributed by atoms with E-state index in [1.165, 1.54) is 12.4 Å². The predicted octanol–water partition coefficient (Wildman–Crippen LogP) is 3.73. The van der Waals surface area contributed by atoms with Gasteiger partial charge < -0.3 is 10.6 Å². The molecule has 0 unspecified atom stereocenters. The maximum Gasteiger partial charge on any atom is 0.257 e. The van der Waals surface area contributed by atoms with E-state index in [9.17, 15) is 9.59 Å². The number of hydrogen-bond donors (Lipinski definition) is 2. The Labute approximate surface area is 148 Å². The molecule has 25 heavy (non-hydrogen) atoms. The van der Waals surface area contributed by atoms with Crippen molar-refractivity contribution in [3.8, 4) is 0 Å². The Morgan fingerprint density at radius 3 is 2.40 bits per heavy atom. The molecule has 0 saturated heterocycles. The molecule has 0 spiro atoms. The second kappa shape index (κ2) is 8.42. The molecule has 0 bridgehead atoms. The van der Waals surface area contributed by atoms with Gasteiger partial charge in [-0.25, -0.2) is 0 Å². The number of amides is 2. The summed E-state index contributed by atoms with van der Waals surface area (Å²) in [6, 6.07) is 7.44. The molecule has 2 rings (SSSR count).